The van der Waals surface area contributed by atoms with Crippen LogP contribution in [0.2, 0.25) is 0 Å². The van der Waals surface area contributed by atoms with E-state index in [1.807, 2.05) is 11.8 Å². The Kier molecular flexibility index (Phi) is 6.54. The number of nitrogens with two attached hydrogens (primary N) is 1. The van der Waals surface area contributed by atoms with Gasteiger partial charge in [-0.2, -0.15) is 0 Å². The van der Waals surface area contributed by atoms with E-state index in [0.29, 0.717) is 17.9 Å². The zero-order valence-electron chi connectivity index (χ0n) is 13.7. The third kappa shape index (κ3) is 3.95. The van der Waals surface area contributed by atoms with Gasteiger partial charge in [-0.1, -0.05) is 25.7 Å². The maximum Gasteiger partial charge on any atom is 0.251 e. The lowest BCUT2D eigenvalue weighted by atomic mass is 9.98. The highest BCUT2D eigenvalue weighted by Crippen LogP contribution is 2.37. The van der Waals surface area contributed by atoms with Crippen molar-refractivity contribution in [2.45, 2.75) is 76.5 Å². The lowest BCUT2D eigenvalue weighted by Crippen LogP contribution is -2.40. The third-order valence-corrected chi connectivity index (χ3v) is 5.77. The van der Waals surface area contributed by atoms with Gasteiger partial charge < -0.3 is 15.4 Å². The average Bonchev–Trinajstić information content (AvgIpc) is 2.93. The van der Waals surface area contributed by atoms with Crippen LogP contribution in [0.3, 0.4) is 0 Å². The Labute approximate surface area is 140 Å². The van der Waals surface area contributed by atoms with E-state index in [1.54, 1.807) is 0 Å². The molecule has 3 aliphatic rings. The Morgan fingerprint density at radius 3 is 2.41 bits per heavy atom. The van der Waals surface area contributed by atoms with Crippen LogP contribution in [0.15, 0.2) is 0 Å². The number of ether oxygens (including phenoxy) is 1. The summed E-state index contributed by atoms with van der Waals surface area (Å²) in [4.78, 5) is 14.6. The second kappa shape index (κ2) is 7.98. The maximum atomic E-state index is 12.6. The first-order valence-corrected chi connectivity index (χ1v) is 8.85. The molecule has 2 aliphatic carbocycles. The van der Waals surface area contributed by atoms with Crippen molar-refractivity contribution in [2.75, 3.05) is 13.1 Å². The van der Waals surface area contributed by atoms with Gasteiger partial charge in [0.2, 0.25) is 0 Å². The fourth-order valence-corrected chi connectivity index (χ4v) is 4.47. The zero-order valence-corrected chi connectivity index (χ0v) is 14.5. The quantitative estimate of drug-likeness (QED) is 0.809. The highest BCUT2D eigenvalue weighted by molar-refractivity contribution is 5.85. The van der Waals surface area contributed by atoms with Gasteiger partial charge in [0.15, 0.2) is 0 Å². The minimum absolute atomic E-state index is 0. The van der Waals surface area contributed by atoms with Crippen LogP contribution < -0.4 is 5.73 Å². The van der Waals surface area contributed by atoms with E-state index in [-0.39, 0.29) is 30.5 Å². The van der Waals surface area contributed by atoms with Gasteiger partial charge in [-0.15, -0.1) is 12.4 Å². The predicted molar refractivity (Wildman–Crippen MR) is 90.1 cm³/mol. The van der Waals surface area contributed by atoms with Gasteiger partial charge in [0.1, 0.15) is 6.10 Å². The number of amides is 1. The molecule has 4 nitrogen and oxygen atoms in total. The molecule has 5 heteroatoms. The number of likely N-dealkylation sites (tertiary alicyclic amines) is 1. The molecule has 1 aliphatic heterocycles. The summed E-state index contributed by atoms with van der Waals surface area (Å²) in [7, 11) is 0. The molecule has 4 atom stereocenters. The van der Waals surface area contributed by atoms with Gasteiger partial charge in [-0.05, 0) is 44.4 Å². The van der Waals surface area contributed by atoms with E-state index in [4.69, 9.17) is 10.5 Å². The van der Waals surface area contributed by atoms with Crippen molar-refractivity contribution < 1.29 is 9.53 Å². The van der Waals surface area contributed by atoms with E-state index in [1.165, 1.54) is 32.1 Å². The number of nitrogens with zero attached hydrogens (tertiary/aromatic N) is 1. The molecule has 1 heterocycles. The molecule has 2 N–H and O–H groups in total. The van der Waals surface area contributed by atoms with Gasteiger partial charge in [0, 0.05) is 19.1 Å². The van der Waals surface area contributed by atoms with Gasteiger partial charge >= 0.3 is 0 Å². The van der Waals surface area contributed by atoms with Gasteiger partial charge in [0.25, 0.3) is 5.91 Å². The van der Waals surface area contributed by atoms with Crippen molar-refractivity contribution >= 4 is 18.3 Å². The van der Waals surface area contributed by atoms with Crippen LogP contribution in [-0.2, 0) is 9.53 Å². The number of carbonyl (C=O) groups excluding carboxylic acids is 1. The molecule has 22 heavy (non-hydrogen) atoms. The molecule has 0 aromatic rings. The molecule has 3 fully saturated rings. The second-order valence-electron chi connectivity index (χ2n) is 7.30. The molecule has 0 spiro atoms. The van der Waals surface area contributed by atoms with E-state index in [2.05, 4.69) is 0 Å². The largest absolute Gasteiger partial charge is 0.365 e. The molecular weight excluding hydrogens is 300 g/mol. The summed E-state index contributed by atoms with van der Waals surface area (Å²) in [6, 6.07) is 0.297. The first-order chi connectivity index (χ1) is 10.1. The van der Waals surface area contributed by atoms with Crippen LogP contribution in [0.4, 0.5) is 0 Å². The summed E-state index contributed by atoms with van der Waals surface area (Å²) in [5.74, 6) is 1.34. The number of hydrogen-bond acceptors (Lipinski definition) is 3. The highest BCUT2D eigenvalue weighted by Gasteiger charge is 2.43. The SMILES string of the molecule is CC(OC1CCCCCC1)C(=O)N1CC2CCC(N)C2C1.Cl. The number of carbonyl (C=O) groups is 1. The van der Waals surface area contributed by atoms with Crippen LogP contribution in [0.1, 0.15) is 58.3 Å². The molecule has 0 aromatic carbocycles. The first kappa shape index (κ1) is 18.0. The van der Waals surface area contributed by atoms with Crippen molar-refractivity contribution in [2.24, 2.45) is 17.6 Å². The Morgan fingerprint density at radius 1 is 1.09 bits per heavy atom. The van der Waals surface area contributed by atoms with Crippen molar-refractivity contribution in [3.05, 3.63) is 0 Å². The molecule has 0 bridgehead atoms. The summed E-state index contributed by atoms with van der Waals surface area (Å²) in [5, 5.41) is 0. The summed E-state index contributed by atoms with van der Waals surface area (Å²) in [6.07, 6.45) is 9.67. The average molecular weight is 331 g/mol. The molecule has 0 radical (unpaired) electrons. The molecule has 128 valence electrons. The van der Waals surface area contributed by atoms with Crippen molar-refractivity contribution in [1.29, 1.82) is 0 Å². The molecule has 1 saturated heterocycles. The van der Waals surface area contributed by atoms with Crippen LogP contribution in [0.5, 0.6) is 0 Å². The normalized spacial score (nSPS) is 33.9. The summed E-state index contributed by atoms with van der Waals surface area (Å²) in [6.45, 7) is 3.68. The summed E-state index contributed by atoms with van der Waals surface area (Å²) in [5.41, 5.74) is 6.16. The van der Waals surface area contributed by atoms with Crippen LogP contribution in [0, 0.1) is 11.8 Å². The number of fused-ring (bicyclic) bond motifs is 1. The fraction of sp³-hybridized carbons (Fsp3) is 0.941. The molecule has 4 unspecified atom stereocenters. The van der Waals surface area contributed by atoms with Crippen LogP contribution in [-0.4, -0.2) is 42.1 Å². The van der Waals surface area contributed by atoms with Gasteiger partial charge in [-0.3, -0.25) is 4.79 Å². The van der Waals surface area contributed by atoms with Gasteiger partial charge in [0.05, 0.1) is 6.10 Å². The van der Waals surface area contributed by atoms with E-state index in [0.717, 1.165) is 32.4 Å². The Bertz CT molecular complexity index is 372. The third-order valence-electron chi connectivity index (χ3n) is 5.77. The van der Waals surface area contributed by atoms with Crippen molar-refractivity contribution in [3.8, 4) is 0 Å². The van der Waals surface area contributed by atoms with Crippen molar-refractivity contribution in [1.82, 2.24) is 4.90 Å². The smallest absolute Gasteiger partial charge is 0.251 e. The summed E-state index contributed by atoms with van der Waals surface area (Å²) < 4.78 is 6.07. The predicted octanol–water partition coefficient (Wildman–Crippen LogP) is 2.73. The minimum atomic E-state index is -0.289. The lowest BCUT2D eigenvalue weighted by molar-refractivity contribution is -0.146. The van der Waals surface area contributed by atoms with Crippen molar-refractivity contribution in [3.63, 3.8) is 0 Å². The molecule has 3 rings (SSSR count). The summed E-state index contributed by atoms with van der Waals surface area (Å²) >= 11 is 0. The fourth-order valence-electron chi connectivity index (χ4n) is 4.47. The molecular formula is C17H31ClN2O2. The Hall–Kier alpha value is -0.320. The van der Waals surface area contributed by atoms with Crippen LogP contribution >= 0.6 is 12.4 Å². The molecule has 2 saturated carbocycles. The number of rotatable bonds is 3. The van der Waals surface area contributed by atoms with E-state index >= 15 is 0 Å². The van der Waals surface area contributed by atoms with Crippen LogP contribution in [0.25, 0.3) is 0 Å². The molecule has 1 amide bonds. The minimum Gasteiger partial charge on any atom is -0.365 e. The molecule has 0 aromatic heterocycles. The monoisotopic (exact) mass is 330 g/mol. The number of hydrogen-bond donors (Lipinski definition) is 1. The lowest BCUT2D eigenvalue weighted by Gasteiger charge is -2.26. The Balaban J connectivity index is 0.00000176. The van der Waals surface area contributed by atoms with E-state index in [9.17, 15) is 4.79 Å². The second-order valence-corrected chi connectivity index (χ2v) is 7.30. The standard InChI is InChI=1S/C17H30N2O2.ClH/c1-12(21-14-6-4-2-3-5-7-14)17(20)19-10-13-8-9-16(18)15(13)11-19;/h12-16H,2-11,18H2,1H3;1H. The van der Waals surface area contributed by atoms with Gasteiger partial charge in [-0.25, -0.2) is 0 Å². The number of halogens is 1. The Morgan fingerprint density at radius 2 is 1.77 bits per heavy atom. The van der Waals surface area contributed by atoms with E-state index < -0.39 is 0 Å². The topological polar surface area (TPSA) is 55.6 Å². The first-order valence-electron chi connectivity index (χ1n) is 8.85. The zero-order chi connectivity index (χ0) is 14.8. The maximum absolute atomic E-state index is 12.6. The highest BCUT2D eigenvalue weighted by atomic mass is 35.5.